The lowest BCUT2D eigenvalue weighted by molar-refractivity contribution is 0.0687. The molecule has 0 bridgehead atoms. The second kappa shape index (κ2) is 5.10. The second-order valence-corrected chi connectivity index (χ2v) is 4.98. The molecule has 0 radical (unpaired) electrons. The number of aromatic hydroxyl groups is 1. The van der Waals surface area contributed by atoms with Crippen LogP contribution in [0.4, 0.5) is 4.39 Å². The summed E-state index contributed by atoms with van der Waals surface area (Å²) < 4.78 is 15.8. The van der Waals surface area contributed by atoms with Crippen molar-refractivity contribution >= 4 is 11.5 Å². The summed E-state index contributed by atoms with van der Waals surface area (Å²) in [6.07, 6.45) is 2.86. The van der Waals surface area contributed by atoms with Crippen LogP contribution in [0.3, 0.4) is 0 Å². The Balaban J connectivity index is 2.30. The van der Waals surface area contributed by atoms with Crippen molar-refractivity contribution in [2.75, 3.05) is 0 Å². The van der Waals surface area contributed by atoms with Gasteiger partial charge in [-0.05, 0) is 30.7 Å². The van der Waals surface area contributed by atoms with Crippen LogP contribution in [0.2, 0.25) is 0 Å². The Morgan fingerprint density at radius 1 is 1.43 bits per heavy atom. The van der Waals surface area contributed by atoms with E-state index in [0.29, 0.717) is 16.8 Å². The van der Waals surface area contributed by atoms with Crippen molar-refractivity contribution in [3.63, 3.8) is 0 Å². The number of carbonyl (C=O) groups is 1. The minimum Gasteiger partial charge on any atom is -0.505 e. The van der Waals surface area contributed by atoms with Gasteiger partial charge in [0.15, 0.2) is 11.5 Å². The Labute approximate surface area is 129 Å². The van der Waals surface area contributed by atoms with Gasteiger partial charge in [-0.1, -0.05) is 0 Å². The number of hydrogen-bond acceptors (Lipinski definition) is 4. The summed E-state index contributed by atoms with van der Waals surface area (Å²) in [7, 11) is 0. The average molecular weight is 311 g/mol. The number of hydrogen-bond donors (Lipinski definition) is 2. The second-order valence-electron chi connectivity index (χ2n) is 4.98. The van der Waals surface area contributed by atoms with Crippen molar-refractivity contribution in [3.8, 4) is 23.1 Å². The Morgan fingerprint density at radius 3 is 2.78 bits per heavy atom. The van der Waals surface area contributed by atoms with E-state index >= 15 is 0 Å². The minimum atomic E-state index is -1.35. The van der Waals surface area contributed by atoms with Crippen LogP contribution in [0.1, 0.15) is 21.6 Å². The third-order valence-corrected chi connectivity index (χ3v) is 3.55. The van der Waals surface area contributed by atoms with Crippen LogP contribution in [-0.2, 0) is 0 Å². The highest BCUT2D eigenvalue weighted by Gasteiger charge is 2.18. The van der Waals surface area contributed by atoms with E-state index in [1.165, 1.54) is 22.7 Å². The highest BCUT2D eigenvalue weighted by Crippen LogP contribution is 2.30. The van der Waals surface area contributed by atoms with Crippen molar-refractivity contribution in [3.05, 3.63) is 53.2 Å². The fourth-order valence-corrected chi connectivity index (χ4v) is 2.42. The summed E-state index contributed by atoms with van der Waals surface area (Å²) in [5.74, 6) is -2.36. The Hall–Kier alpha value is -3.40. The number of nitrogens with zero attached hydrogens (tertiary/aromatic N) is 3. The molecule has 0 aliphatic heterocycles. The first kappa shape index (κ1) is 14.5. The van der Waals surface area contributed by atoms with Gasteiger partial charge in [-0.15, -0.1) is 0 Å². The van der Waals surface area contributed by atoms with E-state index in [-0.39, 0.29) is 11.1 Å². The Kier molecular flexibility index (Phi) is 3.22. The first-order valence-electron chi connectivity index (χ1n) is 6.57. The first-order valence-corrected chi connectivity index (χ1v) is 6.57. The van der Waals surface area contributed by atoms with Crippen LogP contribution >= 0.6 is 0 Å². The largest absolute Gasteiger partial charge is 0.505 e. The lowest BCUT2D eigenvalue weighted by atomic mass is 10.1. The standard InChI is InChI=1S/C16H10FN3O3/c1-8-2-3-20-11(4-9(6-18)15(20)13(8)17)10-5-12(21)14(16(22)23)19-7-10/h2-5,7,21H,1H3,(H,22,23). The number of carboxylic acid groups (broad SMARTS) is 1. The summed E-state index contributed by atoms with van der Waals surface area (Å²) in [5.41, 5.74) is 0.993. The van der Waals surface area contributed by atoms with E-state index in [1.807, 2.05) is 6.07 Å². The monoisotopic (exact) mass is 311 g/mol. The van der Waals surface area contributed by atoms with Crippen molar-refractivity contribution in [2.45, 2.75) is 6.92 Å². The average Bonchev–Trinajstić information content (AvgIpc) is 2.89. The maximum absolute atomic E-state index is 14.3. The third kappa shape index (κ3) is 2.17. The van der Waals surface area contributed by atoms with Crippen LogP contribution in [0.5, 0.6) is 5.75 Å². The molecule has 0 saturated heterocycles. The van der Waals surface area contributed by atoms with Crippen molar-refractivity contribution < 1.29 is 19.4 Å². The molecule has 0 saturated carbocycles. The third-order valence-electron chi connectivity index (χ3n) is 3.55. The number of aromatic carboxylic acids is 1. The zero-order valence-electron chi connectivity index (χ0n) is 11.9. The van der Waals surface area contributed by atoms with E-state index in [2.05, 4.69) is 4.98 Å². The fourth-order valence-electron chi connectivity index (χ4n) is 2.42. The summed E-state index contributed by atoms with van der Waals surface area (Å²) in [4.78, 5) is 14.6. The van der Waals surface area contributed by atoms with Gasteiger partial charge in [0.05, 0.1) is 16.8 Å². The number of nitriles is 1. The number of rotatable bonds is 2. The van der Waals surface area contributed by atoms with Gasteiger partial charge in [0, 0.05) is 18.0 Å². The predicted molar refractivity (Wildman–Crippen MR) is 78.7 cm³/mol. The molecule has 0 unspecified atom stereocenters. The smallest absolute Gasteiger partial charge is 0.358 e. The molecular weight excluding hydrogens is 301 g/mol. The van der Waals surface area contributed by atoms with Gasteiger partial charge in [-0.3, -0.25) is 0 Å². The summed E-state index contributed by atoms with van der Waals surface area (Å²) >= 11 is 0. The molecule has 6 nitrogen and oxygen atoms in total. The normalized spacial score (nSPS) is 10.7. The molecule has 0 aliphatic rings. The quantitative estimate of drug-likeness (QED) is 0.758. The van der Waals surface area contributed by atoms with Crippen LogP contribution in [-0.4, -0.2) is 25.6 Å². The van der Waals surface area contributed by atoms with Crippen molar-refractivity contribution in [2.24, 2.45) is 0 Å². The van der Waals surface area contributed by atoms with Crippen LogP contribution in [0.15, 0.2) is 30.6 Å². The molecule has 0 aromatic carbocycles. The minimum absolute atomic E-state index is 0.129. The first-order chi connectivity index (χ1) is 10.9. The van der Waals surface area contributed by atoms with E-state index in [1.54, 1.807) is 19.2 Å². The maximum Gasteiger partial charge on any atom is 0.358 e. The molecule has 0 atom stereocenters. The van der Waals surface area contributed by atoms with Crippen molar-refractivity contribution in [1.29, 1.82) is 5.26 Å². The molecule has 114 valence electrons. The maximum atomic E-state index is 14.3. The van der Waals surface area contributed by atoms with Crippen molar-refractivity contribution in [1.82, 2.24) is 9.38 Å². The van der Waals surface area contributed by atoms with E-state index in [4.69, 9.17) is 5.11 Å². The highest BCUT2D eigenvalue weighted by atomic mass is 19.1. The molecule has 0 aliphatic carbocycles. The molecule has 3 rings (SSSR count). The van der Waals surface area contributed by atoms with Crippen LogP contribution in [0, 0.1) is 24.1 Å². The van der Waals surface area contributed by atoms with Gasteiger partial charge in [-0.25, -0.2) is 14.2 Å². The molecule has 3 aromatic heterocycles. The molecule has 0 spiro atoms. The number of carboxylic acids is 1. The van der Waals surface area contributed by atoms with Gasteiger partial charge >= 0.3 is 5.97 Å². The molecule has 23 heavy (non-hydrogen) atoms. The lowest BCUT2D eigenvalue weighted by Crippen LogP contribution is -2.01. The van der Waals surface area contributed by atoms with Gasteiger partial charge < -0.3 is 14.6 Å². The predicted octanol–water partition coefficient (Wildman–Crippen LogP) is 2.72. The zero-order valence-corrected chi connectivity index (χ0v) is 11.9. The molecule has 7 heteroatoms. The summed E-state index contributed by atoms with van der Waals surface area (Å²) in [5, 5.41) is 27.9. The van der Waals surface area contributed by atoms with E-state index < -0.39 is 23.2 Å². The molecule has 0 fully saturated rings. The Bertz CT molecular complexity index is 1000. The van der Waals surface area contributed by atoms with Crippen LogP contribution < -0.4 is 0 Å². The fraction of sp³-hybridized carbons (Fsp3) is 0.0625. The number of aromatic nitrogens is 2. The van der Waals surface area contributed by atoms with Gasteiger partial charge in [0.25, 0.3) is 0 Å². The number of pyridine rings is 2. The highest BCUT2D eigenvalue weighted by molar-refractivity contribution is 5.89. The molecule has 3 aromatic rings. The summed E-state index contributed by atoms with van der Waals surface area (Å²) in [6.45, 7) is 1.60. The van der Waals surface area contributed by atoms with Gasteiger partial charge in [-0.2, -0.15) is 5.26 Å². The Morgan fingerprint density at radius 2 is 2.17 bits per heavy atom. The molecular formula is C16H10FN3O3. The lowest BCUT2D eigenvalue weighted by Gasteiger charge is -2.06. The summed E-state index contributed by atoms with van der Waals surface area (Å²) in [6, 6.07) is 6.18. The van der Waals surface area contributed by atoms with Gasteiger partial charge in [0.2, 0.25) is 0 Å². The van der Waals surface area contributed by atoms with E-state index in [0.717, 1.165) is 0 Å². The number of halogens is 1. The van der Waals surface area contributed by atoms with E-state index in [9.17, 15) is 19.6 Å². The topological polar surface area (TPSA) is 98.6 Å². The number of aryl methyl sites for hydroxylation is 1. The van der Waals surface area contributed by atoms with Gasteiger partial charge in [0.1, 0.15) is 11.8 Å². The number of fused-ring (bicyclic) bond motifs is 1. The molecule has 3 heterocycles. The SMILES string of the molecule is Cc1ccn2c(-c3cnc(C(=O)O)c(O)c3)cc(C#N)c2c1F. The van der Waals surface area contributed by atoms with Crippen LogP contribution in [0.25, 0.3) is 16.8 Å². The zero-order chi connectivity index (χ0) is 16.7. The molecule has 0 amide bonds. The molecule has 2 N–H and O–H groups in total.